The Labute approximate surface area is 222 Å². The zero-order valence-electron chi connectivity index (χ0n) is 21.6. The minimum absolute atomic E-state index is 0.0653. The third kappa shape index (κ3) is 5.06. The number of alkyl halides is 3. The Balaban J connectivity index is 1.35. The van der Waals surface area contributed by atoms with E-state index in [0.717, 1.165) is 33.7 Å². The lowest BCUT2D eigenvalue weighted by Gasteiger charge is -2.13. The molecule has 0 atom stereocenters. The molecule has 0 radical (unpaired) electrons. The number of aryl methyl sites for hydroxylation is 3. The first-order valence-corrected chi connectivity index (χ1v) is 12.5. The Morgan fingerprint density at radius 3 is 2.56 bits per heavy atom. The molecule has 2 aromatic carbocycles. The largest absolute Gasteiger partial charge is 0.464 e. The molecule has 0 saturated heterocycles. The zero-order chi connectivity index (χ0) is 27.9. The molecule has 1 aliphatic rings. The van der Waals surface area contributed by atoms with Crippen molar-refractivity contribution in [1.29, 1.82) is 0 Å². The van der Waals surface area contributed by atoms with Crippen LogP contribution in [0.3, 0.4) is 0 Å². The predicted molar refractivity (Wildman–Crippen MR) is 140 cm³/mol. The lowest BCUT2D eigenvalue weighted by molar-refractivity contribution is -0.137. The number of nitrogens with zero attached hydrogens (tertiary/aromatic N) is 1. The number of nitrogens with one attached hydrogen (secondary N) is 2. The van der Waals surface area contributed by atoms with Crippen LogP contribution in [0, 0.1) is 20.8 Å². The number of fused-ring (bicyclic) bond motifs is 2. The fraction of sp³-hybridized carbons (Fsp3) is 0.276. The van der Waals surface area contributed by atoms with Crippen molar-refractivity contribution in [2.45, 2.75) is 52.6 Å². The number of carbonyl (C=O) groups excluding carboxylic acids is 2. The second kappa shape index (κ2) is 10.1. The molecule has 2 N–H and O–H groups in total. The molecule has 39 heavy (non-hydrogen) atoms. The second-order valence-corrected chi connectivity index (χ2v) is 9.62. The summed E-state index contributed by atoms with van der Waals surface area (Å²) < 4.78 is 51.6. The molecule has 2 aromatic heterocycles. The highest BCUT2D eigenvalue weighted by Crippen LogP contribution is 2.36. The molecule has 0 unspecified atom stereocenters. The van der Waals surface area contributed by atoms with Crippen molar-refractivity contribution in [3.05, 3.63) is 87.6 Å². The van der Waals surface area contributed by atoms with Gasteiger partial charge in [-0.1, -0.05) is 24.3 Å². The van der Waals surface area contributed by atoms with E-state index in [2.05, 4.69) is 15.8 Å². The van der Waals surface area contributed by atoms with Crippen LogP contribution in [0.4, 0.5) is 18.9 Å². The predicted octanol–water partition coefficient (Wildman–Crippen LogP) is 6.62. The van der Waals surface area contributed by atoms with E-state index in [4.69, 9.17) is 8.83 Å². The average Bonchev–Trinajstić information content (AvgIpc) is 3.46. The number of hydrogen-bond donors (Lipinski definition) is 2. The lowest BCUT2D eigenvalue weighted by atomic mass is 9.93. The first-order chi connectivity index (χ1) is 18.5. The fourth-order valence-corrected chi connectivity index (χ4v) is 4.88. The van der Waals surface area contributed by atoms with E-state index < -0.39 is 17.6 Å². The third-order valence-corrected chi connectivity index (χ3v) is 7.02. The maximum Gasteiger partial charge on any atom is 0.418 e. The minimum atomic E-state index is -4.63. The molecule has 2 amide bonds. The van der Waals surface area contributed by atoms with Crippen LogP contribution in [-0.4, -0.2) is 17.5 Å². The number of halogens is 3. The van der Waals surface area contributed by atoms with Crippen LogP contribution < -0.4 is 10.7 Å². The normalized spacial score (nSPS) is 14.5. The van der Waals surface area contributed by atoms with Gasteiger partial charge >= 0.3 is 6.18 Å². The minimum Gasteiger partial charge on any atom is -0.464 e. The number of benzene rings is 2. The molecule has 202 valence electrons. The van der Waals surface area contributed by atoms with E-state index in [9.17, 15) is 22.8 Å². The number of carbonyl (C=O) groups is 2. The van der Waals surface area contributed by atoms with Crippen LogP contribution >= 0.6 is 0 Å². The van der Waals surface area contributed by atoms with Crippen LogP contribution in [0.15, 0.2) is 56.6 Å². The van der Waals surface area contributed by atoms with Crippen molar-refractivity contribution >= 4 is 34.2 Å². The number of anilines is 1. The van der Waals surface area contributed by atoms with Gasteiger partial charge in [0.15, 0.2) is 5.76 Å². The van der Waals surface area contributed by atoms with E-state index in [1.54, 1.807) is 13.2 Å². The number of rotatable bonds is 5. The van der Waals surface area contributed by atoms with Gasteiger partial charge in [-0.3, -0.25) is 9.59 Å². The van der Waals surface area contributed by atoms with Crippen molar-refractivity contribution < 1.29 is 31.6 Å². The van der Waals surface area contributed by atoms with Crippen LogP contribution in [0.1, 0.15) is 62.5 Å². The molecular weight excluding hydrogens is 511 g/mol. The van der Waals surface area contributed by atoms with Crippen LogP contribution in [0.2, 0.25) is 0 Å². The molecule has 5 rings (SSSR count). The van der Waals surface area contributed by atoms with Crippen molar-refractivity contribution in [2.24, 2.45) is 5.10 Å². The summed E-state index contributed by atoms with van der Waals surface area (Å²) in [5.74, 6) is -0.709. The van der Waals surface area contributed by atoms with Crippen LogP contribution in [0.25, 0.3) is 11.0 Å². The van der Waals surface area contributed by atoms with Crippen molar-refractivity contribution in [2.75, 3.05) is 5.32 Å². The van der Waals surface area contributed by atoms with E-state index in [0.29, 0.717) is 41.9 Å². The first-order valence-electron chi connectivity index (χ1n) is 12.5. The summed E-state index contributed by atoms with van der Waals surface area (Å²) in [7, 11) is 0. The maximum atomic E-state index is 13.4. The summed E-state index contributed by atoms with van der Waals surface area (Å²) in [6, 6.07) is 8.66. The Morgan fingerprint density at radius 2 is 1.79 bits per heavy atom. The molecule has 0 aliphatic heterocycles. The number of para-hydroxylation sites is 1. The van der Waals surface area contributed by atoms with Crippen molar-refractivity contribution in [3.8, 4) is 0 Å². The molecular formula is C29H26F3N3O4. The van der Waals surface area contributed by atoms with Crippen molar-refractivity contribution in [1.82, 2.24) is 5.43 Å². The van der Waals surface area contributed by atoms with Gasteiger partial charge in [-0.15, -0.1) is 0 Å². The molecule has 0 spiro atoms. The standard InChI is InChI=1S/C29H26F3N3O4/c1-15-11-12-19-18(14-38-26(19)16(15)2)13-24(36)35-34-22-9-6-10-23-25(22)17(3)27(39-23)28(37)33-21-8-5-4-7-20(21)29(30,31)32/h4-5,7-8,11-12,14H,6,9-10,13H2,1-3H3,(H,33,37)(H,35,36)/b34-22+. The summed E-state index contributed by atoms with van der Waals surface area (Å²) in [6.07, 6.45) is -1.23. The molecule has 0 fully saturated rings. The summed E-state index contributed by atoms with van der Waals surface area (Å²) in [6.45, 7) is 5.61. The molecule has 2 heterocycles. The quantitative estimate of drug-likeness (QED) is 0.280. The second-order valence-electron chi connectivity index (χ2n) is 9.62. The van der Waals surface area contributed by atoms with E-state index in [1.807, 2.05) is 26.0 Å². The Kier molecular flexibility index (Phi) is 6.80. The fourth-order valence-electron chi connectivity index (χ4n) is 4.88. The Bertz CT molecular complexity index is 1630. The van der Waals surface area contributed by atoms with Gasteiger partial charge in [0.05, 0.1) is 29.6 Å². The van der Waals surface area contributed by atoms with Gasteiger partial charge in [-0.25, -0.2) is 5.43 Å². The summed E-state index contributed by atoms with van der Waals surface area (Å²) in [5, 5.41) is 7.52. The number of furan rings is 2. The molecule has 7 nitrogen and oxygen atoms in total. The molecule has 4 aromatic rings. The van der Waals surface area contributed by atoms with Crippen LogP contribution in [0.5, 0.6) is 0 Å². The Morgan fingerprint density at radius 1 is 1.03 bits per heavy atom. The van der Waals surface area contributed by atoms with Gasteiger partial charge in [0.25, 0.3) is 5.91 Å². The highest BCUT2D eigenvalue weighted by molar-refractivity contribution is 6.09. The lowest BCUT2D eigenvalue weighted by Crippen LogP contribution is -2.23. The summed E-state index contributed by atoms with van der Waals surface area (Å²) in [5.41, 5.74) is 6.48. The average molecular weight is 538 g/mol. The number of hydrogen-bond acceptors (Lipinski definition) is 5. The van der Waals surface area contributed by atoms with E-state index in [-0.39, 0.29) is 23.8 Å². The third-order valence-electron chi connectivity index (χ3n) is 7.02. The van der Waals surface area contributed by atoms with Gasteiger partial charge in [0, 0.05) is 28.5 Å². The van der Waals surface area contributed by atoms with Crippen molar-refractivity contribution in [3.63, 3.8) is 0 Å². The highest BCUT2D eigenvalue weighted by Gasteiger charge is 2.34. The first kappa shape index (κ1) is 26.3. The molecule has 10 heteroatoms. The SMILES string of the molecule is Cc1ccc2c(CC(=O)N/N=C3\CCCc4oc(C(=O)Nc5ccccc5C(F)(F)F)c(C)c43)coc2c1C. The summed E-state index contributed by atoms with van der Waals surface area (Å²) in [4.78, 5) is 25.7. The Hall–Kier alpha value is -4.34. The van der Waals surface area contributed by atoms with Gasteiger partial charge < -0.3 is 14.2 Å². The van der Waals surface area contributed by atoms with Gasteiger partial charge in [-0.05, 0) is 56.9 Å². The van der Waals surface area contributed by atoms with Gasteiger partial charge in [0.1, 0.15) is 11.3 Å². The molecule has 1 aliphatic carbocycles. The van der Waals surface area contributed by atoms with E-state index in [1.165, 1.54) is 18.2 Å². The zero-order valence-corrected chi connectivity index (χ0v) is 21.6. The number of amides is 2. The molecule has 0 bridgehead atoms. The van der Waals surface area contributed by atoms with E-state index >= 15 is 0 Å². The number of hydrazone groups is 1. The summed E-state index contributed by atoms with van der Waals surface area (Å²) >= 11 is 0. The van der Waals surface area contributed by atoms with Crippen LogP contribution in [-0.2, 0) is 23.8 Å². The monoisotopic (exact) mass is 537 g/mol. The maximum absolute atomic E-state index is 13.4. The van der Waals surface area contributed by atoms with Gasteiger partial charge in [0.2, 0.25) is 5.91 Å². The highest BCUT2D eigenvalue weighted by atomic mass is 19.4. The van der Waals surface area contributed by atoms with Gasteiger partial charge in [-0.2, -0.15) is 18.3 Å². The smallest absolute Gasteiger partial charge is 0.418 e. The topological polar surface area (TPSA) is 96.8 Å². The molecule has 0 saturated carbocycles.